The van der Waals surface area contributed by atoms with E-state index in [-0.39, 0.29) is 29.3 Å². The molecule has 5 rings (SSSR count). The summed E-state index contributed by atoms with van der Waals surface area (Å²) in [5, 5.41) is 17.5. The van der Waals surface area contributed by atoms with E-state index in [0.29, 0.717) is 33.3 Å². The number of thiazole rings is 1. The van der Waals surface area contributed by atoms with Crippen molar-refractivity contribution in [2.75, 3.05) is 10.6 Å². The number of nitro groups is 1. The van der Waals surface area contributed by atoms with Crippen LogP contribution >= 0.6 is 22.9 Å². The number of aromatic nitrogens is 1. The molecule has 0 radical (unpaired) electrons. The molecule has 2 atom stereocenters. The molecule has 176 valence electrons. The molecule has 1 aliphatic rings. The van der Waals surface area contributed by atoms with Gasteiger partial charge in [-0.3, -0.25) is 19.7 Å². The number of nitrogens with one attached hydrogen (secondary N) is 2. The Hall–Kier alpha value is -3.82. The van der Waals surface area contributed by atoms with Gasteiger partial charge in [-0.05, 0) is 54.7 Å². The fraction of sp³-hybridized carbons (Fsp3) is 0.160. The minimum atomic E-state index is -0.444. The number of para-hydroxylation sites is 1. The van der Waals surface area contributed by atoms with Crippen molar-refractivity contribution in [3.8, 4) is 0 Å². The first-order valence-corrected chi connectivity index (χ1v) is 12.0. The third kappa shape index (κ3) is 4.73. The number of amides is 2. The van der Waals surface area contributed by atoms with E-state index in [4.69, 9.17) is 11.6 Å². The summed E-state index contributed by atoms with van der Waals surface area (Å²) in [6.45, 7) is 1.87. The zero-order chi connectivity index (χ0) is 24.7. The average Bonchev–Trinajstić information content (AvgIpc) is 3.54. The summed E-state index contributed by atoms with van der Waals surface area (Å²) >= 11 is 7.51. The number of nitro benzene ring substituents is 1. The van der Waals surface area contributed by atoms with Crippen LogP contribution in [-0.2, 0) is 4.79 Å². The van der Waals surface area contributed by atoms with Crippen LogP contribution in [0.15, 0.2) is 60.7 Å². The number of halogens is 1. The standard InChI is InChI=1S/C25H19ClN4O4S/c1-13-3-2-4-19(26)22(13)28-23(31)15-7-10-20-21(11-15)35-25(27-20)29-24(32)18-12-17(18)14-5-8-16(9-6-14)30(33)34/h2-11,17-18H,12H2,1H3,(H,28,31)(H,27,29,32)/t17-,18?/m0/s1. The van der Waals surface area contributed by atoms with Crippen LogP contribution in [0, 0.1) is 23.0 Å². The molecule has 10 heteroatoms. The molecule has 35 heavy (non-hydrogen) atoms. The first-order chi connectivity index (χ1) is 16.8. The van der Waals surface area contributed by atoms with Gasteiger partial charge in [0.2, 0.25) is 5.91 Å². The summed E-state index contributed by atoms with van der Waals surface area (Å²) < 4.78 is 0.770. The van der Waals surface area contributed by atoms with Crippen molar-refractivity contribution >= 4 is 61.5 Å². The van der Waals surface area contributed by atoms with E-state index < -0.39 is 4.92 Å². The number of carbonyl (C=O) groups excluding carboxylic acids is 2. The second-order valence-corrected chi connectivity index (χ2v) is 9.81. The summed E-state index contributed by atoms with van der Waals surface area (Å²) in [5.74, 6) is -0.594. The number of rotatable bonds is 6. The average molecular weight is 507 g/mol. The fourth-order valence-electron chi connectivity index (χ4n) is 3.99. The Balaban J connectivity index is 1.26. The molecule has 1 fully saturated rings. The van der Waals surface area contributed by atoms with Crippen molar-refractivity contribution in [3.63, 3.8) is 0 Å². The van der Waals surface area contributed by atoms with Crippen LogP contribution in [0.3, 0.4) is 0 Å². The van der Waals surface area contributed by atoms with Crippen molar-refractivity contribution in [2.45, 2.75) is 19.3 Å². The zero-order valence-electron chi connectivity index (χ0n) is 18.4. The lowest BCUT2D eigenvalue weighted by molar-refractivity contribution is -0.384. The largest absolute Gasteiger partial charge is 0.320 e. The lowest BCUT2D eigenvalue weighted by atomic mass is 10.1. The highest BCUT2D eigenvalue weighted by Gasteiger charge is 2.44. The van der Waals surface area contributed by atoms with E-state index in [1.54, 1.807) is 36.4 Å². The predicted molar refractivity (Wildman–Crippen MR) is 136 cm³/mol. The van der Waals surface area contributed by atoms with E-state index in [9.17, 15) is 19.7 Å². The number of fused-ring (bicyclic) bond motifs is 1. The molecule has 1 heterocycles. The van der Waals surface area contributed by atoms with Gasteiger partial charge in [0, 0.05) is 23.6 Å². The molecular formula is C25H19ClN4O4S. The summed E-state index contributed by atoms with van der Waals surface area (Å²) in [6.07, 6.45) is 0.681. The van der Waals surface area contributed by atoms with Crippen LogP contribution in [0.5, 0.6) is 0 Å². The van der Waals surface area contributed by atoms with E-state index in [0.717, 1.165) is 15.8 Å². The molecule has 1 unspecified atom stereocenters. The SMILES string of the molecule is Cc1cccc(Cl)c1NC(=O)c1ccc2nc(NC(=O)C3C[C@H]3c3ccc([N+](=O)[O-])cc3)sc2c1. The molecule has 3 aromatic carbocycles. The monoisotopic (exact) mass is 506 g/mol. The topological polar surface area (TPSA) is 114 Å². The molecule has 0 saturated heterocycles. The summed E-state index contributed by atoms with van der Waals surface area (Å²) in [7, 11) is 0. The van der Waals surface area contributed by atoms with Gasteiger partial charge in [0.1, 0.15) is 0 Å². The van der Waals surface area contributed by atoms with Crippen LogP contribution in [0.2, 0.25) is 5.02 Å². The number of carbonyl (C=O) groups is 2. The maximum absolute atomic E-state index is 12.8. The number of hydrogen-bond acceptors (Lipinski definition) is 6. The van der Waals surface area contributed by atoms with Gasteiger partial charge in [0.25, 0.3) is 11.6 Å². The molecule has 2 amide bonds. The Labute approximate surface area is 209 Å². The van der Waals surface area contributed by atoms with Gasteiger partial charge < -0.3 is 10.6 Å². The molecule has 0 aliphatic heterocycles. The van der Waals surface area contributed by atoms with Crippen molar-refractivity contribution < 1.29 is 14.5 Å². The van der Waals surface area contributed by atoms with Crippen molar-refractivity contribution in [2.24, 2.45) is 5.92 Å². The van der Waals surface area contributed by atoms with Crippen LogP contribution in [0.25, 0.3) is 10.2 Å². The third-order valence-electron chi connectivity index (χ3n) is 6.00. The maximum atomic E-state index is 12.8. The fourth-order valence-corrected chi connectivity index (χ4v) is 5.17. The molecule has 2 N–H and O–H groups in total. The van der Waals surface area contributed by atoms with Crippen LogP contribution in [0.4, 0.5) is 16.5 Å². The summed E-state index contributed by atoms with van der Waals surface area (Å²) in [4.78, 5) is 40.3. The lowest BCUT2D eigenvalue weighted by Crippen LogP contribution is -2.14. The van der Waals surface area contributed by atoms with E-state index in [1.165, 1.54) is 23.5 Å². The smallest absolute Gasteiger partial charge is 0.269 e. The molecule has 0 bridgehead atoms. The van der Waals surface area contributed by atoms with Gasteiger partial charge >= 0.3 is 0 Å². The van der Waals surface area contributed by atoms with Gasteiger partial charge in [-0.1, -0.05) is 47.2 Å². The Morgan fingerprint density at radius 1 is 1.11 bits per heavy atom. The maximum Gasteiger partial charge on any atom is 0.269 e. The Bertz CT molecular complexity index is 1460. The number of non-ortho nitro benzene ring substituents is 1. The van der Waals surface area contributed by atoms with E-state index >= 15 is 0 Å². The summed E-state index contributed by atoms with van der Waals surface area (Å²) in [6, 6.07) is 16.9. The minimum Gasteiger partial charge on any atom is -0.320 e. The van der Waals surface area contributed by atoms with Gasteiger partial charge in [0.15, 0.2) is 5.13 Å². The Morgan fingerprint density at radius 2 is 1.89 bits per heavy atom. The van der Waals surface area contributed by atoms with Gasteiger partial charge in [-0.25, -0.2) is 4.98 Å². The van der Waals surface area contributed by atoms with Crippen LogP contribution in [-0.4, -0.2) is 21.7 Å². The van der Waals surface area contributed by atoms with E-state index in [2.05, 4.69) is 15.6 Å². The van der Waals surface area contributed by atoms with Crippen LogP contribution in [0.1, 0.15) is 33.8 Å². The third-order valence-corrected chi connectivity index (χ3v) is 7.25. The van der Waals surface area contributed by atoms with E-state index in [1.807, 2.05) is 19.1 Å². The Morgan fingerprint density at radius 3 is 2.60 bits per heavy atom. The quantitative estimate of drug-likeness (QED) is 0.240. The van der Waals surface area contributed by atoms with Crippen molar-refractivity contribution in [1.82, 2.24) is 4.98 Å². The van der Waals surface area contributed by atoms with Gasteiger partial charge in [-0.15, -0.1) is 0 Å². The van der Waals surface area contributed by atoms with Gasteiger partial charge in [0.05, 0.1) is 25.8 Å². The lowest BCUT2D eigenvalue weighted by Gasteiger charge is -2.10. The van der Waals surface area contributed by atoms with Crippen molar-refractivity contribution in [1.29, 1.82) is 0 Å². The molecule has 4 aromatic rings. The number of benzene rings is 3. The molecule has 0 spiro atoms. The number of hydrogen-bond donors (Lipinski definition) is 2. The normalized spacial score (nSPS) is 16.6. The zero-order valence-corrected chi connectivity index (χ0v) is 20.0. The van der Waals surface area contributed by atoms with Gasteiger partial charge in [-0.2, -0.15) is 0 Å². The van der Waals surface area contributed by atoms with Crippen molar-refractivity contribution in [3.05, 3.63) is 92.5 Å². The first kappa shape index (κ1) is 22.9. The van der Waals surface area contributed by atoms with Crippen LogP contribution < -0.4 is 10.6 Å². The number of aryl methyl sites for hydroxylation is 1. The molecule has 8 nitrogen and oxygen atoms in total. The highest BCUT2D eigenvalue weighted by atomic mass is 35.5. The highest BCUT2D eigenvalue weighted by Crippen LogP contribution is 2.48. The predicted octanol–water partition coefficient (Wildman–Crippen LogP) is 6.16. The highest BCUT2D eigenvalue weighted by molar-refractivity contribution is 7.22. The molecule has 1 saturated carbocycles. The molecule has 1 aromatic heterocycles. The first-order valence-electron chi connectivity index (χ1n) is 10.8. The molecular weight excluding hydrogens is 488 g/mol. The minimum absolute atomic E-state index is 0.0277. The Kier molecular flexibility index (Phi) is 5.96. The second kappa shape index (κ2) is 9.09. The number of nitrogens with zero attached hydrogens (tertiary/aromatic N) is 2. The number of anilines is 2. The second-order valence-electron chi connectivity index (χ2n) is 8.37. The summed E-state index contributed by atoms with van der Waals surface area (Å²) in [5.41, 5.74) is 3.51. The molecule has 1 aliphatic carbocycles.